The number of nitrogens with one attached hydrogen (secondary N) is 1. The molecule has 1 atom stereocenters. The summed E-state index contributed by atoms with van der Waals surface area (Å²) < 4.78 is 5.31. The van der Waals surface area contributed by atoms with Crippen LogP contribution < -0.4 is 10.1 Å². The number of benzene rings is 1. The number of aromatic nitrogens is 1. The van der Waals surface area contributed by atoms with Gasteiger partial charge in [0.25, 0.3) is 0 Å². The zero-order valence-electron chi connectivity index (χ0n) is 16.6. The second-order valence-electron chi connectivity index (χ2n) is 6.97. The topological polar surface area (TPSA) is 75.0 Å². The van der Waals surface area contributed by atoms with Gasteiger partial charge in [0, 0.05) is 10.7 Å². The lowest BCUT2D eigenvalue weighted by molar-refractivity contribution is -0.115. The Labute approximate surface area is 180 Å². The first-order valence-corrected chi connectivity index (χ1v) is 11.1. The first kappa shape index (κ1) is 21.5. The van der Waals surface area contributed by atoms with Crippen molar-refractivity contribution in [3.05, 3.63) is 46.1 Å². The molecule has 0 aliphatic heterocycles. The van der Waals surface area contributed by atoms with Crippen molar-refractivity contribution >= 4 is 35.0 Å². The van der Waals surface area contributed by atoms with Gasteiger partial charge < -0.3 is 10.1 Å². The third kappa shape index (κ3) is 5.23. The number of nitriles is 1. The molecule has 0 spiro atoms. The minimum absolute atomic E-state index is 0.168. The number of rotatable bonds is 6. The molecule has 0 bridgehead atoms. The number of amides is 1. The van der Waals surface area contributed by atoms with Gasteiger partial charge in [0.15, 0.2) is 0 Å². The minimum atomic E-state index is -0.387. The van der Waals surface area contributed by atoms with Crippen LogP contribution >= 0.6 is 23.4 Å². The maximum Gasteiger partial charge on any atom is 0.238 e. The molecule has 1 aliphatic rings. The molecule has 1 heterocycles. The number of hydrogen-bond donors (Lipinski definition) is 1. The smallest absolute Gasteiger partial charge is 0.238 e. The number of aryl methyl sites for hydroxylation is 2. The van der Waals surface area contributed by atoms with E-state index in [1.54, 1.807) is 25.3 Å². The molecule has 0 radical (unpaired) electrons. The van der Waals surface area contributed by atoms with Crippen LogP contribution in [-0.4, -0.2) is 23.3 Å². The summed E-state index contributed by atoms with van der Waals surface area (Å²) in [6, 6.07) is 9.31. The number of carbonyl (C=O) groups excluding carboxylic acids is 1. The van der Waals surface area contributed by atoms with Gasteiger partial charge in [0.2, 0.25) is 5.91 Å². The van der Waals surface area contributed by atoms with Gasteiger partial charge in [-0.25, -0.2) is 4.98 Å². The lowest BCUT2D eigenvalue weighted by Gasteiger charge is -2.17. The number of fused-ring (bicyclic) bond motifs is 1. The Morgan fingerprint density at radius 1 is 1.34 bits per heavy atom. The number of nitrogens with zero attached hydrogens (tertiary/aromatic N) is 2. The highest BCUT2D eigenvalue weighted by Crippen LogP contribution is 2.33. The zero-order chi connectivity index (χ0) is 20.8. The van der Waals surface area contributed by atoms with E-state index in [1.165, 1.54) is 23.7 Å². The van der Waals surface area contributed by atoms with Crippen molar-refractivity contribution in [2.75, 3.05) is 12.4 Å². The van der Waals surface area contributed by atoms with E-state index in [1.807, 2.05) is 13.0 Å². The number of anilines is 1. The molecule has 1 unspecified atom stereocenters. The highest BCUT2D eigenvalue weighted by molar-refractivity contribution is 8.00. The summed E-state index contributed by atoms with van der Waals surface area (Å²) in [5, 5.41) is 13.3. The number of hydrogen-bond acceptors (Lipinski definition) is 5. The van der Waals surface area contributed by atoms with Crippen molar-refractivity contribution in [3.63, 3.8) is 0 Å². The van der Waals surface area contributed by atoms with E-state index in [4.69, 9.17) is 21.3 Å². The molecule has 0 fully saturated rings. The first-order valence-electron chi connectivity index (χ1n) is 9.79. The molecule has 7 heteroatoms. The molecule has 0 saturated heterocycles. The second kappa shape index (κ2) is 10.00. The fourth-order valence-electron chi connectivity index (χ4n) is 3.41. The largest absolute Gasteiger partial charge is 0.495 e. The van der Waals surface area contributed by atoms with Crippen LogP contribution in [0.15, 0.2) is 29.3 Å². The monoisotopic (exact) mass is 429 g/mol. The third-order valence-corrected chi connectivity index (χ3v) is 6.57. The number of carbonyl (C=O) groups is 1. The maximum atomic E-state index is 12.9. The van der Waals surface area contributed by atoms with Crippen molar-refractivity contribution in [2.24, 2.45) is 0 Å². The Balaban J connectivity index is 1.82. The molecule has 1 aliphatic carbocycles. The fourth-order valence-corrected chi connectivity index (χ4v) is 4.58. The molecule has 2 aromatic rings. The molecular weight excluding hydrogens is 406 g/mol. The first-order chi connectivity index (χ1) is 14.0. The number of ether oxygens (including phenoxy) is 1. The summed E-state index contributed by atoms with van der Waals surface area (Å²) in [6.45, 7) is 1.95. The summed E-state index contributed by atoms with van der Waals surface area (Å²) in [7, 11) is 1.55. The lowest BCUT2D eigenvalue weighted by atomic mass is 10.1. The van der Waals surface area contributed by atoms with E-state index >= 15 is 0 Å². The highest BCUT2D eigenvalue weighted by atomic mass is 35.5. The number of methoxy groups -OCH3 is 1. The Hall–Kier alpha value is -2.23. The van der Waals surface area contributed by atoms with Gasteiger partial charge >= 0.3 is 0 Å². The molecule has 5 nitrogen and oxygen atoms in total. The fraction of sp³-hybridized carbons (Fsp3) is 0.409. The van der Waals surface area contributed by atoms with Crippen molar-refractivity contribution in [1.29, 1.82) is 5.26 Å². The second-order valence-corrected chi connectivity index (χ2v) is 8.60. The van der Waals surface area contributed by atoms with E-state index in [0.29, 0.717) is 33.5 Å². The van der Waals surface area contributed by atoms with Crippen LogP contribution in [0.5, 0.6) is 5.75 Å². The van der Waals surface area contributed by atoms with Crippen molar-refractivity contribution in [3.8, 4) is 11.8 Å². The average molecular weight is 430 g/mol. The van der Waals surface area contributed by atoms with Crippen LogP contribution in [0.3, 0.4) is 0 Å². The van der Waals surface area contributed by atoms with Crippen LogP contribution in [0.4, 0.5) is 5.69 Å². The van der Waals surface area contributed by atoms with Crippen molar-refractivity contribution in [2.45, 2.75) is 55.7 Å². The van der Waals surface area contributed by atoms with Crippen LogP contribution in [0, 0.1) is 11.3 Å². The van der Waals surface area contributed by atoms with Crippen molar-refractivity contribution in [1.82, 2.24) is 4.98 Å². The zero-order valence-corrected chi connectivity index (χ0v) is 18.2. The van der Waals surface area contributed by atoms with E-state index in [0.717, 1.165) is 31.4 Å². The number of pyridine rings is 1. The van der Waals surface area contributed by atoms with Gasteiger partial charge in [0.05, 0.1) is 23.6 Å². The summed E-state index contributed by atoms with van der Waals surface area (Å²) in [4.78, 5) is 17.7. The molecule has 0 saturated carbocycles. The standard InChI is InChI=1S/C22H24ClN3O2S/c1-3-20(21(27)25-18-12-16(23)9-10-19(18)28-2)29-22-15(13-24)11-14-7-5-4-6-8-17(14)26-22/h9-12,20H,3-8H2,1-2H3,(H,25,27). The van der Waals surface area contributed by atoms with Gasteiger partial charge in [-0.05, 0) is 61.9 Å². The Morgan fingerprint density at radius 3 is 2.86 bits per heavy atom. The summed E-state index contributed by atoms with van der Waals surface area (Å²) in [5.74, 6) is 0.377. The summed E-state index contributed by atoms with van der Waals surface area (Å²) >= 11 is 7.41. The van der Waals surface area contributed by atoms with E-state index in [9.17, 15) is 10.1 Å². The maximum absolute atomic E-state index is 12.9. The van der Waals surface area contributed by atoms with Gasteiger partial charge in [-0.3, -0.25) is 4.79 Å². The number of halogens is 1. The van der Waals surface area contributed by atoms with Crippen molar-refractivity contribution < 1.29 is 9.53 Å². The normalized spacial score (nSPS) is 14.3. The van der Waals surface area contributed by atoms with E-state index in [2.05, 4.69) is 11.4 Å². The third-order valence-electron chi connectivity index (χ3n) is 4.97. The predicted octanol–water partition coefficient (Wildman–Crippen LogP) is 5.39. The van der Waals surface area contributed by atoms with Gasteiger partial charge in [-0.2, -0.15) is 5.26 Å². The Bertz CT molecular complexity index is 942. The highest BCUT2D eigenvalue weighted by Gasteiger charge is 2.23. The molecule has 1 aromatic carbocycles. The molecule has 1 N–H and O–H groups in total. The molecule has 3 rings (SSSR count). The SMILES string of the molecule is CCC(Sc1nc2c(cc1C#N)CCCCC2)C(=O)Nc1cc(Cl)ccc1OC. The van der Waals surface area contributed by atoms with Crippen LogP contribution in [0.2, 0.25) is 5.02 Å². The number of thioether (sulfide) groups is 1. The molecule has 1 amide bonds. The molecule has 1 aromatic heterocycles. The molecule has 152 valence electrons. The Kier molecular flexibility index (Phi) is 7.40. The van der Waals surface area contributed by atoms with Gasteiger partial charge in [-0.1, -0.05) is 36.7 Å². The van der Waals surface area contributed by atoms with Crippen LogP contribution in [-0.2, 0) is 17.6 Å². The van der Waals surface area contributed by atoms with Crippen LogP contribution in [0.25, 0.3) is 0 Å². The quantitative estimate of drug-likeness (QED) is 0.492. The Morgan fingerprint density at radius 2 is 2.14 bits per heavy atom. The van der Waals surface area contributed by atoms with E-state index < -0.39 is 0 Å². The molecular formula is C22H24ClN3O2S. The van der Waals surface area contributed by atoms with E-state index in [-0.39, 0.29) is 11.2 Å². The molecule has 29 heavy (non-hydrogen) atoms. The summed E-state index contributed by atoms with van der Waals surface area (Å²) in [6.07, 6.45) is 5.92. The van der Waals surface area contributed by atoms with Gasteiger partial charge in [0.1, 0.15) is 16.8 Å². The van der Waals surface area contributed by atoms with Crippen LogP contribution in [0.1, 0.15) is 49.4 Å². The predicted molar refractivity (Wildman–Crippen MR) is 117 cm³/mol. The lowest BCUT2D eigenvalue weighted by Crippen LogP contribution is -2.25. The minimum Gasteiger partial charge on any atom is -0.495 e. The average Bonchev–Trinajstić information content (AvgIpc) is 2.96. The van der Waals surface area contributed by atoms with Gasteiger partial charge in [-0.15, -0.1) is 0 Å². The summed E-state index contributed by atoms with van der Waals surface area (Å²) in [5.41, 5.74) is 3.31.